The summed E-state index contributed by atoms with van der Waals surface area (Å²) >= 11 is 0. The Kier molecular flexibility index (Phi) is 5.05. The number of hydrogen-bond donors (Lipinski definition) is 1. The lowest BCUT2D eigenvalue weighted by Gasteiger charge is -2.29. The number of carbonyl (C=O) groups excluding carboxylic acids is 2. The van der Waals surface area contributed by atoms with Crippen molar-refractivity contribution in [2.24, 2.45) is 0 Å². The van der Waals surface area contributed by atoms with Gasteiger partial charge in [-0.2, -0.15) is 0 Å². The topological polar surface area (TPSA) is 82.6 Å². The zero-order valence-electron chi connectivity index (χ0n) is 13.9. The zero-order chi connectivity index (χ0) is 18.0. The lowest BCUT2D eigenvalue weighted by Crippen LogP contribution is -2.37. The quantitative estimate of drug-likeness (QED) is 0.648. The maximum atomic E-state index is 14.5. The minimum atomic E-state index is -0.677. The first-order chi connectivity index (χ1) is 12.0. The van der Waals surface area contributed by atoms with Crippen molar-refractivity contribution in [3.05, 3.63) is 24.0 Å². The molecule has 1 aromatic rings. The predicted molar refractivity (Wildman–Crippen MR) is 86.2 cm³/mol. The molecule has 25 heavy (non-hydrogen) atoms. The van der Waals surface area contributed by atoms with E-state index in [2.05, 4.69) is 0 Å². The Morgan fingerprint density at radius 3 is 2.76 bits per heavy atom. The van der Waals surface area contributed by atoms with Crippen LogP contribution in [0.2, 0.25) is 0 Å². The van der Waals surface area contributed by atoms with Gasteiger partial charge in [0.15, 0.2) is 0 Å². The highest BCUT2D eigenvalue weighted by atomic mass is 19.1. The van der Waals surface area contributed by atoms with Gasteiger partial charge < -0.3 is 14.4 Å². The molecule has 1 N–H and O–H groups in total. The number of benzene rings is 1. The van der Waals surface area contributed by atoms with Gasteiger partial charge in [-0.05, 0) is 18.2 Å². The van der Waals surface area contributed by atoms with Crippen LogP contribution in [0.3, 0.4) is 0 Å². The molecule has 1 aromatic carbocycles. The molecule has 1 unspecified atom stereocenters. The molecule has 2 saturated heterocycles. The van der Waals surface area contributed by atoms with Crippen molar-refractivity contribution in [1.82, 2.24) is 5.06 Å². The molecule has 0 aliphatic carbocycles. The zero-order valence-corrected chi connectivity index (χ0v) is 13.9. The van der Waals surface area contributed by atoms with Crippen LogP contribution < -0.4 is 9.80 Å². The molecule has 0 spiro atoms. The summed E-state index contributed by atoms with van der Waals surface area (Å²) in [5.74, 6) is -0.974. The first kappa shape index (κ1) is 17.4. The number of anilines is 2. The maximum Gasteiger partial charge on any atom is 0.414 e. The number of rotatable bonds is 4. The van der Waals surface area contributed by atoms with E-state index in [1.807, 2.05) is 4.90 Å². The predicted octanol–water partition coefficient (Wildman–Crippen LogP) is 1.23. The molecule has 2 fully saturated rings. The second-order valence-corrected chi connectivity index (χ2v) is 5.95. The van der Waals surface area contributed by atoms with Crippen molar-refractivity contribution in [3.63, 3.8) is 0 Å². The van der Waals surface area contributed by atoms with E-state index in [-0.39, 0.29) is 13.1 Å². The van der Waals surface area contributed by atoms with Gasteiger partial charge >= 0.3 is 6.09 Å². The second-order valence-electron chi connectivity index (χ2n) is 5.95. The van der Waals surface area contributed by atoms with Crippen LogP contribution in [0.15, 0.2) is 18.2 Å². The highest BCUT2D eigenvalue weighted by molar-refractivity contribution is 5.90. The molecule has 2 aliphatic heterocycles. The van der Waals surface area contributed by atoms with E-state index in [9.17, 15) is 19.2 Å². The third kappa shape index (κ3) is 3.83. The average molecular weight is 353 g/mol. The molecule has 1 atom stereocenters. The van der Waals surface area contributed by atoms with Crippen molar-refractivity contribution in [1.29, 1.82) is 0 Å². The lowest BCUT2D eigenvalue weighted by atomic mass is 10.2. The Hall–Kier alpha value is -2.39. The van der Waals surface area contributed by atoms with Crippen molar-refractivity contribution in [2.75, 3.05) is 49.2 Å². The third-order valence-corrected chi connectivity index (χ3v) is 4.21. The molecule has 9 heteroatoms. The molecular weight excluding hydrogens is 333 g/mol. The number of cyclic esters (lactones) is 1. The summed E-state index contributed by atoms with van der Waals surface area (Å²) in [7, 11) is 0. The van der Waals surface area contributed by atoms with Gasteiger partial charge in [-0.3, -0.25) is 14.9 Å². The maximum absolute atomic E-state index is 14.5. The lowest BCUT2D eigenvalue weighted by molar-refractivity contribution is -0.166. The third-order valence-electron chi connectivity index (χ3n) is 4.21. The summed E-state index contributed by atoms with van der Waals surface area (Å²) in [5.41, 5.74) is 0.837. The van der Waals surface area contributed by atoms with Crippen LogP contribution in [0.4, 0.5) is 20.6 Å². The number of nitrogens with zero attached hydrogens (tertiary/aromatic N) is 3. The molecule has 0 aromatic heterocycles. The summed E-state index contributed by atoms with van der Waals surface area (Å²) in [5, 5.41) is 9.94. The number of hydroxylamine groups is 2. The standard InChI is InChI=1S/C16H20FN3O5/c1-11(21)20(23)10-13-9-19(16(22)25-13)12-2-3-15(14(17)8-12)18-4-6-24-7-5-18/h2-3,8,13,23H,4-7,9-10H2,1H3. The van der Waals surface area contributed by atoms with E-state index in [0.29, 0.717) is 42.7 Å². The summed E-state index contributed by atoms with van der Waals surface area (Å²) in [6, 6.07) is 4.57. The van der Waals surface area contributed by atoms with Crippen LogP contribution in [0.5, 0.6) is 0 Å². The fraction of sp³-hybridized carbons (Fsp3) is 0.500. The molecule has 3 rings (SSSR count). The average Bonchev–Trinajstić information content (AvgIpc) is 2.95. The van der Waals surface area contributed by atoms with Gasteiger partial charge in [-0.25, -0.2) is 14.2 Å². The molecule has 0 radical (unpaired) electrons. The van der Waals surface area contributed by atoms with Crippen LogP contribution in [0, 0.1) is 5.82 Å². The van der Waals surface area contributed by atoms with Crippen LogP contribution in [-0.4, -0.2) is 67.8 Å². The van der Waals surface area contributed by atoms with E-state index in [1.54, 1.807) is 12.1 Å². The minimum absolute atomic E-state index is 0.125. The van der Waals surface area contributed by atoms with Crippen LogP contribution in [-0.2, 0) is 14.3 Å². The van der Waals surface area contributed by atoms with Crippen molar-refractivity contribution < 1.29 is 28.7 Å². The number of halogens is 1. The van der Waals surface area contributed by atoms with Crippen LogP contribution in [0.25, 0.3) is 0 Å². The molecule has 8 nitrogen and oxygen atoms in total. The van der Waals surface area contributed by atoms with Gasteiger partial charge in [0.05, 0.1) is 37.7 Å². The van der Waals surface area contributed by atoms with Crippen molar-refractivity contribution in [3.8, 4) is 0 Å². The largest absolute Gasteiger partial charge is 0.442 e. The molecule has 136 valence electrons. The summed E-state index contributed by atoms with van der Waals surface area (Å²) in [6.07, 6.45) is -1.32. The van der Waals surface area contributed by atoms with E-state index in [4.69, 9.17) is 9.47 Å². The molecule has 2 heterocycles. The molecule has 0 saturated carbocycles. The van der Waals surface area contributed by atoms with Crippen LogP contribution in [0.1, 0.15) is 6.92 Å². The molecule has 2 aliphatic rings. The summed E-state index contributed by atoms with van der Waals surface area (Å²) in [4.78, 5) is 26.2. The highest BCUT2D eigenvalue weighted by Gasteiger charge is 2.34. The molecule has 2 amide bonds. The van der Waals surface area contributed by atoms with Crippen LogP contribution >= 0.6 is 0 Å². The van der Waals surface area contributed by atoms with Gasteiger partial charge in [0.1, 0.15) is 11.9 Å². The smallest absolute Gasteiger partial charge is 0.414 e. The number of carbonyl (C=O) groups is 2. The fourth-order valence-electron chi connectivity index (χ4n) is 2.87. The Morgan fingerprint density at radius 2 is 2.12 bits per heavy atom. The van der Waals surface area contributed by atoms with Gasteiger partial charge in [0.25, 0.3) is 0 Å². The Bertz CT molecular complexity index is 665. The first-order valence-electron chi connectivity index (χ1n) is 8.03. The number of morpholine rings is 1. The summed E-state index contributed by atoms with van der Waals surface area (Å²) < 4.78 is 24.9. The number of amides is 2. The van der Waals surface area contributed by atoms with Crippen molar-refractivity contribution in [2.45, 2.75) is 13.0 Å². The molecule has 0 bridgehead atoms. The van der Waals surface area contributed by atoms with Gasteiger partial charge in [-0.15, -0.1) is 0 Å². The Balaban J connectivity index is 1.70. The highest BCUT2D eigenvalue weighted by Crippen LogP contribution is 2.28. The SMILES string of the molecule is CC(=O)N(O)CC1CN(c2ccc(N3CCOCC3)c(F)c2)C(=O)O1. The van der Waals surface area contributed by atoms with Gasteiger partial charge in [-0.1, -0.05) is 0 Å². The second kappa shape index (κ2) is 7.24. The van der Waals surface area contributed by atoms with E-state index in [0.717, 1.165) is 0 Å². The van der Waals surface area contributed by atoms with Gasteiger partial charge in [0.2, 0.25) is 5.91 Å². The molecular formula is C16H20FN3O5. The minimum Gasteiger partial charge on any atom is -0.442 e. The van der Waals surface area contributed by atoms with E-state index < -0.39 is 23.9 Å². The van der Waals surface area contributed by atoms with Crippen molar-refractivity contribution >= 4 is 23.4 Å². The fourth-order valence-corrected chi connectivity index (χ4v) is 2.87. The summed E-state index contributed by atoms with van der Waals surface area (Å²) in [6.45, 7) is 3.52. The number of ether oxygens (including phenoxy) is 2. The first-order valence-corrected chi connectivity index (χ1v) is 8.03. The van der Waals surface area contributed by atoms with E-state index >= 15 is 0 Å². The van der Waals surface area contributed by atoms with E-state index in [1.165, 1.54) is 17.9 Å². The number of hydrogen-bond acceptors (Lipinski definition) is 6. The Morgan fingerprint density at radius 1 is 1.40 bits per heavy atom. The Labute approximate surface area is 144 Å². The monoisotopic (exact) mass is 353 g/mol. The normalized spacial score (nSPS) is 20.6. The van der Waals surface area contributed by atoms with Gasteiger partial charge in [0, 0.05) is 20.0 Å².